The summed E-state index contributed by atoms with van der Waals surface area (Å²) in [5.41, 5.74) is 0. The highest BCUT2D eigenvalue weighted by Gasteiger charge is 2.19. The van der Waals surface area contributed by atoms with E-state index in [4.69, 9.17) is 14.2 Å². The monoisotopic (exact) mass is 787 g/mol. The largest absolute Gasteiger partial charge is 0.462 e. The van der Waals surface area contributed by atoms with Crippen molar-refractivity contribution in [2.45, 2.75) is 252 Å². The molecule has 0 spiro atoms. The van der Waals surface area contributed by atoms with Crippen molar-refractivity contribution in [3.05, 3.63) is 36.5 Å². The van der Waals surface area contributed by atoms with Crippen LogP contribution in [-0.4, -0.2) is 37.2 Å². The fraction of sp³-hybridized carbons (Fsp3) is 0.820. The van der Waals surface area contributed by atoms with E-state index in [-0.39, 0.29) is 31.1 Å². The molecule has 0 N–H and O–H groups in total. The number of hydrogen-bond acceptors (Lipinski definition) is 6. The first kappa shape index (κ1) is 53.6. The van der Waals surface area contributed by atoms with Gasteiger partial charge in [0.1, 0.15) is 13.2 Å². The van der Waals surface area contributed by atoms with Crippen LogP contribution in [0.25, 0.3) is 0 Å². The van der Waals surface area contributed by atoms with Crippen molar-refractivity contribution in [3.8, 4) is 0 Å². The molecule has 0 aromatic heterocycles. The molecule has 0 aromatic carbocycles. The average Bonchev–Trinajstić information content (AvgIpc) is 3.19. The quantitative estimate of drug-likeness (QED) is 0.0265. The summed E-state index contributed by atoms with van der Waals surface area (Å²) < 4.78 is 16.7. The molecule has 0 aliphatic heterocycles. The molecule has 1 atom stereocenters. The summed E-state index contributed by atoms with van der Waals surface area (Å²) in [6.45, 7) is 6.56. The molecule has 0 fully saturated rings. The molecule has 56 heavy (non-hydrogen) atoms. The number of hydrogen-bond donors (Lipinski definition) is 0. The second kappa shape index (κ2) is 45.3. The van der Waals surface area contributed by atoms with Crippen molar-refractivity contribution >= 4 is 17.9 Å². The third-order valence-electron chi connectivity index (χ3n) is 10.4. The second-order valence-corrected chi connectivity index (χ2v) is 16.0. The summed E-state index contributed by atoms with van der Waals surface area (Å²) in [6.07, 6.45) is 51.3. The molecule has 0 saturated carbocycles. The number of carbonyl (C=O) groups excluding carboxylic acids is 3. The van der Waals surface area contributed by atoms with Crippen LogP contribution in [0.2, 0.25) is 0 Å². The number of carbonyl (C=O) groups is 3. The summed E-state index contributed by atoms with van der Waals surface area (Å²) in [5.74, 6) is -0.901. The number of unbranched alkanes of at least 4 members (excludes halogenated alkanes) is 26. The maximum Gasteiger partial charge on any atom is 0.306 e. The summed E-state index contributed by atoms with van der Waals surface area (Å²) in [4.78, 5) is 37.7. The van der Waals surface area contributed by atoms with Crippen LogP contribution in [0.1, 0.15) is 245 Å². The molecule has 0 rings (SSSR count). The Morgan fingerprint density at radius 1 is 0.357 bits per heavy atom. The molecule has 6 heteroatoms. The van der Waals surface area contributed by atoms with Gasteiger partial charge in [0.25, 0.3) is 0 Å². The zero-order valence-electron chi connectivity index (χ0n) is 37.2. The third-order valence-corrected chi connectivity index (χ3v) is 10.4. The normalized spacial score (nSPS) is 12.3. The Hall–Kier alpha value is -2.37. The zero-order chi connectivity index (χ0) is 40.8. The Balaban J connectivity index is 4.35. The molecule has 0 aromatic rings. The van der Waals surface area contributed by atoms with Gasteiger partial charge in [-0.2, -0.15) is 0 Å². The van der Waals surface area contributed by atoms with E-state index >= 15 is 0 Å². The Bertz CT molecular complexity index is 953. The number of allylic oxidation sites excluding steroid dienone is 6. The summed E-state index contributed by atoms with van der Waals surface area (Å²) in [7, 11) is 0. The van der Waals surface area contributed by atoms with Gasteiger partial charge in [-0.05, 0) is 77.0 Å². The van der Waals surface area contributed by atoms with Gasteiger partial charge in [0.15, 0.2) is 6.10 Å². The molecule has 0 aliphatic carbocycles. The summed E-state index contributed by atoms with van der Waals surface area (Å²) in [6, 6.07) is 0. The lowest BCUT2D eigenvalue weighted by Crippen LogP contribution is -2.30. The van der Waals surface area contributed by atoms with E-state index < -0.39 is 6.10 Å². The van der Waals surface area contributed by atoms with Gasteiger partial charge in [-0.15, -0.1) is 0 Å². The van der Waals surface area contributed by atoms with Crippen LogP contribution in [0.5, 0.6) is 0 Å². The highest BCUT2D eigenvalue weighted by molar-refractivity contribution is 5.71. The van der Waals surface area contributed by atoms with Crippen molar-refractivity contribution < 1.29 is 28.6 Å². The Morgan fingerprint density at radius 2 is 0.643 bits per heavy atom. The Labute approximate surface area is 346 Å². The maximum atomic E-state index is 12.7. The first-order chi connectivity index (χ1) is 27.5. The SMILES string of the molecule is CCCCC/C=C\C/C=C\CCCCCCCC(=O)OCC(COC(=O)CCCCCCCCCC)OC(=O)CCCCCCC/C=C\CCCCCCCC. The average molecular weight is 787 g/mol. The number of rotatable bonds is 43. The first-order valence-electron chi connectivity index (χ1n) is 24.0. The van der Waals surface area contributed by atoms with Crippen LogP contribution >= 0.6 is 0 Å². The summed E-state index contributed by atoms with van der Waals surface area (Å²) in [5, 5.41) is 0. The molecular formula is C50H90O6. The van der Waals surface area contributed by atoms with E-state index in [1.807, 2.05) is 0 Å². The van der Waals surface area contributed by atoms with Crippen LogP contribution in [-0.2, 0) is 28.6 Å². The summed E-state index contributed by atoms with van der Waals surface area (Å²) >= 11 is 0. The van der Waals surface area contributed by atoms with Gasteiger partial charge < -0.3 is 14.2 Å². The van der Waals surface area contributed by atoms with Crippen LogP contribution < -0.4 is 0 Å². The van der Waals surface area contributed by atoms with Gasteiger partial charge in [-0.1, -0.05) is 186 Å². The minimum absolute atomic E-state index is 0.0784. The van der Waals surface area contributed by atoms with Crippen LogP contribution in [0.15, 0.2) is 36.5 Å². The Morgan fingerprint density at radius 3 is 1.04 bits per heavy atom. The van der Waals surface area contributed by atoms with Crippen LogP contribution in [0, 0.1) is 0 Å². The molecule has 0 bridgehead atoms. The van der Waals surface area contributed by atoms with Crippen molar-refractivity contribution in [3.63, 3.8) is 0 Å². The first-order valence-corrected chi connectivity index (χ1v) is 24.0. The highest BCUT2D eigenvalue weighted by Crippen LogP contribution is 2.14. The zero-order valence-corrected chi connectivity index (χ0v) is 37.2. The van der Waals surface area contributed by atoms with Gasteiger partial charge in [0.05, 0.1) is 0 Å². The number of esters is 3. The molecule has 0 heterocycles. The van der Waals surface area contributed by atoms with Gasteiger partial charge in [0.2, 0.25) is 0 Å². The molecule has 0 radical (unpaired) electrons. The maximum absolute atomic E-state index is 12.7. The fourth-order valence-corrected chi connectivity index (χ4v) is 6.70. The van der Waals surface area contributed by atoms with E-state index in [0.717, 1.165) is 83.5 Å². The van der Waals surface area contributed by atoms with E-state index in [1.54, 1.807) is 0 Å². The smallest absolute Gasteiger partial charge is 0.306 e. The molecule has 326 valence electrons. The standard InChI is InChI=1S/C50H90O6/c1-4-7-10-13-16-19-21-23-25-27-29-31-34-37-40-43-49(52)55-46-47(45-54-48(51)42-39-36-33-18-15-12-9-6-3)56-50(53)44-41-38-35-32-30-28-26-24-22-20-17-14-11-8-5-2/h16,19,23-26,47H,4-15,17-18,20-22,27-46H2,1-3H3/b19-16-,25-23-,26-24-. The fourth-order valence-electron chi connectivity index (χ4n) is 6.70. The van der Waals surface area contributed by atoms with Crippen molar-refractivity contribution in [1.82, 2.24) is 0 Å². The number of ether oxygens (including phenoxy) is 3. The molecule has 0 amide bonds. The highest BCUT2D eigenvalue weighted by atomic mass is 16.6. The van der Waals surface area contributed by atoms with Gasteiger partial charge in [0, 0.05) is 19.3 Å². The third kappa shape index (κ3) is 42.8. The van der Waals surface area contributed by atoms with Gasteiger partial charge >= 0.3 is 17.9 Å². The molecule has 1 unspecified atom stereocenters. The van der Waals surface area contributed by atoms with E-state index in [9.17, 15) is 14.4 Å². The second-order valence-electron chi connectivity index (χ2n) is 16.0. The van der Waals surface area contributed by atoms with Gasteiger partial charge in [-0.25, -0.2) is 0 Å². The molecular weight excluding hydrogens is 697 g/mol. The van der Waals surface area contributed by atoms with Crippen molar-refractivity contribution in [2.24, 2.45) is 0 Å². The molecule has 0 saturated heterocycles. The van der Waals surface area contributed by atoms with E-state index in [1.165, 1.54) is 122 Å². The lowest BCUT2D eigenvalue weighted by molar-refractivity contribution is -0.167. The van der Waals surface area contributed by atoms with Crippen molar-refractivity contribution in [2.75, 3.05) is 13.2 Å². The molecule has 6 nitrogen and oxygen atoms in total. The van der Waals surface area contributed by atoms with Crippen LogP contribution in [0.4, 0.5) is 0 Å². The van der Waals surface area contributed by atoms with Gasteiger partial charge in [-0.3, -0.25) is 14.4 Å². The van der Waals surface area contributed by atoms with E-state index in [0.29, 0.717) is 19.3 Å². The lowest BCUT2D eigenvalue weighted by Gasteiger charge is -2.18. The van der Waals surface area contributed by atoms with Crippen LogP contribution in [0.3, 0.4) is 0 Å². The Kier molecular flexibility index (Phi) is 43.4. The van der Waals surface area contributed by atoms with Crippen molar-refractivity contribution in [1.29, 1.82) is 0 Å². The predicted molar refractivity (Wildman–Crippen MR) is 238 cm³/mol. The molecule has 0 aliphatic rings. The predicted octanol–water partition coefficient (Wildman–Crippen LogP) is 15.4. The van der Waals surface area contributed by atoms with E-state index in [2.05, 4.69) is 57.2 Å². The minimum Gasteiger partial charge on any atom is -0.462 e. The lowest BCUT2D eigenvalue weighted by atomic mass is 10.1. The topological polar surface area (TPSA) is 78.9 Å². The minimum atomic E-state index is -0.776.